The van der Waals surface area contributed by atoms with Crippen LogP contribution in [0.25, 0.3) is 0 Å². The van der Waals surface area contributed by atoms with Crippen molar-refractivity contribution in [1.82, 2.24) is 9.80 Å². The summed E-state index contributed by atoms with van der Waals surface area (Å²) in [6, 6.07) is 9.50. The number of para-hydroxylation sites is 1. The molecule has 1 atom stereocenters. The van der Waals surface area contributed by atoms with Gasteiger partial charge >= 0.3 is 0 Å². The quantitative estimate of drug-likeness (QED) is 0.876. The SMILES string of the molecule is CC(=O)N1CCC(C(=O)N2CCCC(O)(COc3ccccc3)CC2)CC1. The highest BCUT2D eigenvalue weighted by Crippen LogP contribution is 2.26. The summed E-state index contributed by atoms with van der Waals surface area (Å²) < 4.78 is 5.76. The lowest BCUT2D eigenvalue weighted by atomic mass is 9.94. The maximum atomic E-state index is 12.9. The predicted molar refractivity (Wildman–Crippen MR) is 102 cm³/mol. The first-order valence-electron chi connectivity index (χ1n) is 9.91. The van der Waals surface area contributed by atoms with Crippen LogP contribution in [0.1, 0.15) is 39.0 Å². The molecule has 0 bridgehead atoms. The van der Waals surface area contributed by atoms with Crippen LogP contribution in [-0.4, -0.2) is 65.1 Å². The fourth-order valence-corrected chi connectivity index (χ4v) is 3.98. The molecule has 2 saturated heterocycles. The zero-order valence-electron chi connectivity index (χ0n) is 16.1. The van der Waals surface area contributed by atoms with E-state index in [-0.39, 0.29) is 24.3 Å². The van der Waals surface area contributed by atoms with Crippen molar-refractivity contribution in [3.8, 4) is 5.75 Å². The maximum absolute atomic E-state index is 12.9. The first-order chi connectivity index (χ1) is 13.0. The van der Waals surface area contributed by atoms with Crippen molar-refractivity contribution in [1.29, 1.82) is 0 Å². The van der Waals surface area contributed by atoms with Gasteiger partial charge in [-0.2, -0.15) is 0 Å². The van der Waals surface area contributed by atoms with Crippen LogP contribution >= 0.6 is 0 Å². The Morgan fingerprint density at radius 3 is 2.44 bits per heavy atom. The number of ether oxygens (including phenoxy) is 1. The standard InChI is InChI=1S/C21H30N2O4/c1-17(24)22-13-8-18(9-14-22)20(25)23-12-5-10-21(26,11-15-23)16-27-19-6-3-2-4-7-19/h2-4,6-7,18,26H,5,8-16H2,1H3. The van der Waals surface area contributed by atoms with Crippen molar-refractivity contribution in [3.05, 3.63) is 30.3 Å². The van der Waals surface area contributed by atoms with Crippen LogP contribution in [-0.2, 0) is 9.59 Å². The van der Waals surface area contributed by atoms with Crippen LogP contribution in [0.2, 0.25) is 0 Å². The zero-order valence-corrected chi connectivity index (χ0v) is 16.1. The van der Waals surface area contributed by atoms with Gasteiger partial charge in [0, 0.05) is 39.0 Å². The first-order valence-corrected chi connectivity index (χ1v) is 9.91. The third kappa shape index (κ3) is 5.22. The number of hydrogen-bond acceptors (Lipinski definition) is 4. The van der Waals surface area contributed by atoms with Gasteiger partial charge in [-0.15, -0.1) is 0 Å². The molecule has 6 nitrogen and oxygen atoms in total. The highest BCUT2D eigenvalue weighted by Gasteiger charge is 2.35. The van der Waals surface area contributed by atoms with Gasteiger partial charge in [0.15, 0.2) is 0 Å². The Hall–Kier alpha value is -2.08. The molecule has 1 N–H and O–H groups in total. The van der Waals surface area contributed by atoms with Crippen molar-refractivity contribution >= 4 is 11.8 Å². The number of benzene rings is 1. The van der Waals surface area contributed by atoms with E-state index in [4.69, 9.17) is 4.74 Å². The van der Waals surface area contributed by atoms with E-state index in [1.165, 1.54) is 0 Å². The van der Waals surface area contributed by atoms with Gasteiger partial charge in [0.05, 0.1) is 0 Å². The third-order valence-electron chi connectivity index (χ3n) is 5.77. The number of amides is 2. The molecule has 27 heavy (non-hydrogen) atoms. The van der Waals surface area contributed by atoms with Crippen molar-refractivity contribution in [3.63, 3.8) is 0 Å². The number of hydrogen-bond donors (Lipinski definition) is 1. The van der Waals surface area contributed by atoms with Gasteiger partial charge in [0.2, 0.25) is 11.8 Å². The van der Waals surface area contributed by atoms with E-state index in [9.17, 15) is 14.7 Å². The second-order valence-corrected chi connectivity index (χ2v) is 7.79. The monoisotopic (exact) mass is 374 g/mol. The summed E-state index contributed by atoms with van der Waals surface area (Å²) in [6.07, 6.45) is 3.39. The van der Waals surface area contributed by atoms with E-state index >= 15 is 0 Å². The predicted octanol–water partition coefficient (Wildman–Crippen LogP) is 2.07. The fraction of sp³-hybridized carbons (Fsp3) is 0.619. The second-order valence-electron chi connectivity index (χ2n) is 7.79. The molecule has 2 aliphatic heterocycles. The molecule has 0 aliphatic carbocycles. The number of aliphatic hydroxyl groups is 1. The number of carbonyl (C=O) groups is 2. The van der Waals surface area contributed by atoms with Crippen LogP contribution in [0.15, 0.2) is 30.3 Å². The number of likely N-dealkylation sites (tertiary alicyclic amines) is 2. The summed E-state index contributed by atoms with van der Waals surface area (Å²) in [4.78, 5) is 28.0. The number of rotatable bonds is 4. The molecule has 2 amide bonds. The Morgan fingerprint density at radius 1 is 1.07 bits per heavy atom. The van der Waals surface area contributed by atoms with Gasteiger partial charge in [-0.25, -0.2) is 0 Å². The molecule has 2 fully saturated rings. The molecular weight excluding hydrogens is 344 g/mol. The topological polar surface area (TPSA) is 70.1 Å². The molecule has 0 aromatic heterocycles. The van der Waals surface area contributed by atoms with E-state index in [0.717, 1.165) is 25.0 Å². The lowest BCUT2D eigenvalue weighted by molar-refractivity contribution is -0.140. The lowest BCUT2D eigenvalue weighted by Crippen LogP contribution is -2.44. The Bertz CT molecular complexity index is 643. The molecule has 1 aromatic rings. The summed E-state index contributed by atoms with van der Waals surface area (Å²) in [7, 11) is 0. The minimum Gasteiger partial charge on any atom is -0.491 e. The Balaban J connectivity index is 1.50. The van der Waals surface area contributed by atoms with Crippen molar-refractivity contribution in [2.24, 2.45) is 5.92 Å². The van der Waals surface area contributed by atoms with Gasteiger partial charge in [0.25, 0.3) is 0 Å². The zero-order chi connectivity index (χ0) is 19.3. The van der Waals surface area contributed by atoms with E-state index < -0.39 is 5.60 Å². The lowest BCUT2D eigenvalue weighted by Gasteiger charge is -2.33. The van der Waals surface area contributed by atoms with Crippen molar-refractivity contribution < 1.29 is 19.4 Å². The summed E-state index contributed by atoms with van der Waals surface area (Å²) in [5, 5.41) is 10.9. The van der Waals surface area contributed by atoms with Crippen molar-refractivity contribution in [2.45, 2.75) is 44.6 Å². The molecule has 1 unspecified atom stereocenters. The molecule has 0 spiro atoms. The van der Waals surface area contributed by atoms with Crippen LogP contribution in [0.3, 0.4) is 0 Å². The summed E-state index contributed by atoms with van der Waals surface area (Å²) in [5.74, 6) is 0.998. The average Bonchev–Trinajstić information content (AvgIpc) is 2.89. The molecule has 6 heteroatoms. The smallest absolute Gasteiger partial charge is 0.225 e. The minimum atomic E-state index is -0.900. The van der Waals surface area contributed by atoms with Gasteiger partial charge in [-0.3, -0.25) is 9.59 Å². The maximum Gasteiger partial charge on any atom is 0.225 e. The van der Waals surface area contributed by atoms with Crippen LogP contribution < -0.4 is 4.74 Å². The minimum absolute atomic E-state index is 0.00707. The fourth-order valence-electron chi connectivity index (χ4n) is 3.98. The normalized spacial score (nSPS) is 24.4. The Labute approximate surface area is 161 Å². The van der Waals surface area contributed by atoms with Crippen LogP contribution in [0, 0.1) is 5.92 Å². The molecular formula is C21H30N2O4. The highest BCUT2D eigenvalue weighted by molar-refractivity contribution is 5.79. The number of carbonyl (C=O) groups excluding carboxylic acids is 2. The molecule has 1 aromatic carbocycles. The first kappa shape index (κ1) is 19.7. The van der Waals surface area contributed by atoms with E-state index in [1.54, 1.807) is 6.92 Å². The van der Waals surface area contributed by atoms with Crippen molar-refractivity contribution in [2.75, 3.05) is 32.8 Å². The molecule has 148 valence electrons. The summed E-state index contributed by atoms with van der Waals surface area (Å²) >= 11 is 0. The Kier molecular flexibility index (Phi) is 6.37. The van der Waals surface area contributed by atoms with E-state index in [0.29, 0.717) is 39.0 Å². The molecule has 0 saturated carbocycles. The van der Waals surface area contributed by atoms with E-state index in [1.807, 2.05) is 40.1 Å². The van der Waals surface area contributed by atoms with E-state index in [2.05, 4.69) is 0 Å². The molecule has 2 heterocycles. The second kappa shape index (κ2) is 8.74. The molecule has 3 rings (SSSR count). The Morgan fingerprint density at radius 2 is 1.78 bits per heavy atom. The highest BCUT2D eigenvalue weighted by atomic mass is 16.5. The number of piperidine rings is 1. The van der Waals surface area contributed by atoms with Gasteiger partial charge in [-0.05, 0) is 44.2 Å². The summed E-state index contributed by atoms with van der Waals surface area (Å²) in [6.45, 7) is 4.38. The van der Waals surface area contributed by atoms with Crippen LogP contribution in [0.4, 0.5) is 0 Å². The third-order valence-corrected chi connectivity index (χ3v) is 5.77. The number of nitrogens with zero attached hydrogens (tertiary/aromatic N) is 2. The van der Waals surface area contributed by atoms with Gasteiger partial charge in [-0.1, -0.05) is 18.2 Å². The largest absolute Gasteiger partial charge is 0.491 e. The molecule has 2 aliphatic rings. The summed E-state index contributed by atoms with van der Waals surface area (Å²) in [5.41, 5.74) is -0.900. The molecule has 0 radical (unpaired) electrons. The van der Waals surface area contributed by atoms with Gasteiger partial charge in [0.1, 0.15) is 18.0 Å². The van der Waals surface area contributed by atoms with Gasteiger partial charge < -0.3 is 19.6 Å². The van der Waals surface area contributed by atoms with Crippen LogP contribution in [0.5, 0.6) is 5.75 Å². The average molecular weight is 374 g/mol.